The maximum Gasteiger partial charge on any atom is 0.132 e. The lowest BCUT2D eigenvalue weighted by Crippen LogP contribution is -2.07. The molecule has 3 rings (SSSR count). The second-order valence-electron chi connectivity index (χ2n) is 5.73. The fourth-order valence-corrected chi connectivity index (χ4v) is 2.47. The molecule has 0 fully saturated rings. The van der Waals surface area contributed by atoms with Gasteiger partial charge in [-0.1, -0.05) is 42.5 Å². The predicted octanol–water partition coefficient (Wildman–Crippen LogP) is 4.02. The standard InChI is InChI=1S/C20H22N4O/c1-15-23-19(21-13-16-6-4-3-5-7-16)12-20(24-15)22-14-17-8-10-18(25-2)11-9-17/h3-12H,13-14H2,1-2H3,(H2,21,22,23,24). The van der Waals surface area contributed by atoms with E-state index in [9.17, 15) is 0 Å². The van der Waals surface area contributed by atoms with Crippen molar-refractivity contribution >= 4 is 11.6 Å². The average Bonchev–Trinajstić information content (AvgIpc) is 2.66. The largest absolute Gasteiger partial charge is 0.497 e. The highest BCUT2D eigenvalue weighted by molar-refractivity contribution is 5.48. The number of nitrogens with zero attached hydrogens (tertiary/aromatic N) is 2. The van der Waals surface area contributed by atoms with Crippen LogP contribution in [0.5, 0.6) is 5.75 Å². The van der Waals surface area contributed by atoms with Gasteiger partial charge in [0.1, 0.15) is 23.2 Å². The first-order valence-corrected chi connectivity index (χ1v) is 8.23. The van der Waals surface area contributed by atoms with E-state index in [0.29, 0.717) is 6.54 Å². The number of ether oxygens (including phenoxy) is 1. The molecule has 1 heterocycles. The van der Waals surface area contributed by atoms with Crippen molar-refractivity contribution in [2.45, 2.75) is 20.0 Å². The fourth-order valence-electron chi connectivity index (χ4n) is 2.47. The molecule has 128 valence electrons. The highest BCUT2D eigenvalue weighted by Crippen LogP contribution is 2.15. The fraction of sp³-hybridized carbons (Fsp3) is 0.200. The van der Waals surface area contributed by atoms with Gasteiger partial charge in [-0.3, -0.25) is 0 Å². The van der Waals surface area contributed by atoms with E-state index in [-0.39, 0.29) is 0 Å². The Morgan fingerprint density at radius 1 is 0.800 bits per heavy atom. The highest BCUT2D eigenvalue weighted by atomic mass is 16.5. The van der Waals surface area contributed by atoms with Gasteiger partial charge < -0.3 is 15.4 Å². The predicted molar refractivity (Wildman–Crippen MR) is 101 cm³/mol. The minimum absolute atomic E-state index is 0.693. The molecule has 0 spiro atoms. The molecule has 2 aromatic carbocycles. The molecule has 0 aliphatic heterocycles. The third kappa shape index (κ3) is 4.94. The van der Waals surface area contributed by atoms with Crippen LogP contribution in [0.15, 0.2) is 60.7 Å². The van der Waals surface area contributed by atoms with Gasteiger partial charge in [0.2, 0.25) is 0 Å². The van der Waals surface area contributed by atoms with Gasteiger partial charge in [0.05, 0.1) is 7.11 Å². The maximum absolute atomic E-state index is 5.18. The molecular weight excluding hydrogens is 312 g/mol. The SMILES string of the molecule is COc1ccc(CNc2cc(NCc3ccccc3)nc(C)n2)cc1. The van der Waals surface area contributed by atoms with Crippen molar-refractivity contribution in [2.75, 3.05) is 17.7 Å². The summed E-state index contributed by atoms with van der Waals surface area (Å²) >= 11 is 0. The number of aromatic nitrogens is 2. The molecule has 2 N–H and O–H groups in total. The van der Waals surface area contributed by atoms with Gasteiger partial charge >= 0.3 is 0 Å². The molecule has 5 nitrogen and oxygen atoms in total. The van der Waals surface area contributed by atoms with E-state index in [2.05, 4.69) is 32.7 Å². The molecule has 0 radical (unpaired) electrons. The number of benzene rings is 2. The molecule has 0 saturated carbocycles. The van der Waals surface area contributed by atoms with Crippen LogP contribution in [-0.4, -0.2) is 17.1 Å². The van der Waals surface area contributed by atoms with Crippen molar-refractivity contribution in [3.05, 3.63) is 77.6 Å². The van der Waals surface area contributed by atoms with Crippen LogP contribution in [0.2, 0.25) is 0 Å². The Morgan fingerprint density at radius 2 is 1.36 bits per heavy atom. The van der Waals surface area contributed by atoms with Crippen LogP contribution in [0.25, 0.3) is 0 Å². The normalized spacial score (nSPS) is 10.3. The lowest BCUT2D eigenvalue weighted by Gasteiger charge is -2.11. The van der Waals surface area contributed by atoms with E-state index < -0.39 is 0 Å². The van der Waals surface area contributed by atoms with E-state index in [1.165, 1.54) is 5.56 Å². The molecule has 0 saturated heterocycles. The molecule has 0 aliphatic carbocycles. The molecule has 25 heavy (non-hydrogen) atoms. The number of nitrogens with one attached hydrogen (secondary N) is 2. The van der Waals surface area contributed by atoms with Crippen LogP contribution in [0, 0.1) is 6.92 Å². The number of anilines is 2. The van der Waals surface area contributed by atoms with Crippen LogP contribution >= 0.6 is 0 Å². The van der Waals surface area contributed by atoms with Crippen molar-refractivity contribution in [2.24, 2.45) is 0 Å². The summed E-state index contributed by atoms with van der Waals surface area (Å²) < 4.78 is 5.18. The zero-order valence-electron chi connectivity index (χ0n) is 14.5. The molecule has 0 amide bonds. The molecule has 0 unspecified atom stereocenters. The van der Waals surface area contributed by atoms with Gasteiger partial charge in [-0.05, 0) is 30.2 Å². The Bertz CT molecular complexity index is 804. The summed E-state index contributed by atoms with van der Waals surface area (Å²) in [6, 6.07) is 20.2. The number of methoxy groups -OCH3 is 1. The van der Waals surface area contributed by atoms with E-state index >= 15 is 0 Å². The zero-order chi connectivity index (χ0) is 17.5. The van der Waals surface area contributed by atoms with E-state index in [1.807, 2.05) is 55.5 Å². The second kappa shape index (κ2) is 8.15. The summed E-state index contributed by atoms with van der Waals surface area (Å²) in [5, 5.41) is 6.69. The number of aryl methyl sites for hydroxylation is 1. The van der Waals surface area contributed by atoms with Crippen molar-refractivity contribution < 1.29 is 4.74 Å². The van der Waals surface area contributed by atoms with Crippen molar-refractivity contribution in [1.82, 2.24) is 9.97 Å². The number of hydrogen-bond acceptors (Lipinski definition) is 5. The van der Waals surface area contributed by atoms with E-state index in [4.69, 9.17) is 4.74 Å². The summed E-state index contributed by atoms with van der Waals surface area (Å²) in [5.41, 5.74) is 2.38. The van der Waals surface area contributed by atoms with Crippen LogP contribution in [0.3, 0.4) is 0 Å². The first-order chi connectivity index (χ1) is 12.2. The molecule has 0 atom stereocenters. The molecule has 0 aliphatic rings. The van der Waals surface area contributed by atoms with Crippen LogP contribution in [0.1, 0.15) is 17.0 Å². The molecule has 3 aromatic rings. The molecule has 5 heteroatoms. The number of rotatable bonds is 7. The van der Waals surface area contributed by atoms with Crippen LogP contribution in [-0.2, 0) is 13.1 Å². The summed E-state index contributed by atoms with van der Waals surface area (Å²) in [4.78, 5) is 8.90. The van der Waals surface area contributed by atoms with Crippen molar-refractivity contribution in [3.8, 4) is 5.75 Å². The summed E-state index contributed by atoms with van der Waals surface area (Å²) in [5.74, 6) is 3.21. The Morgan fingerprint density at radius 3 is 1.92 bits per heavy atom. The number of hydrogen-bond donors (Lipinski definition) is 2. The molecular formula is C20H22N4O. The lowest BCUT2D eigenvalue weighted by molar-refractivity contribution is 0.414. The second-order valence-corrected chi connectivity index (χ2v) is 5.73. The van der Waals surface area contributed by atoms with Crippen LogP contribution < -0.4 is 15.4 Å². The summed E-state index contributed by atoms with van der Waals surface area (Å²) in [6.45, 7) is 3.32. The quantitative estimate of drug-likeness (QED) is 0.683. The van der Waals surface area contributed by atoms with Gasteiger partial charge in [0.25, 0.3) is 0 Å². The summed E-state index contributed by atoms with van der Waals surface area (Å²) in [6.07, 6.45) is 0. The molecule has 1 aromatic heterocycles. The van der Waals surface area contributed by atoms with Crippen molar-refractivity contribution in [3.63, 3.8) is 0 Å². The first-order valence-electron chi connectivity index (χ1n) is 8.23. The monoisotopic (exact) mass is 334 g/mol. The Kier molecular flexibility index (Phi) is 5.46. The van der Waals surface area contributed by atoms with Gasteiger partial charge in [0, 0.05) is 19.2 Å². The average molecular weight is 334 g/mol. The minimum atomic E-state index is 0.693. The van der Waals surface area contributed by atoms with Gasteiger partial charge in [-0.2, -0.15) is 0 Å². The first kappa shape index (κ1) is 16.8. The van der Waals surface area contributed by atoms with E-state index in [0.717, 1.165) is 35.3 Å². The lowest BCUT2D eigenvalue weighted by atomic mass is 10.2. The Balaban J connectivity index is 1.62. The van der Waals surface area contributed by atoms with Gasteiger partial charge in [-0.25, -0.2) is 9.97 Å². The van der Waals surface area contributed by atoms with Gasteiger partial charge in [-0.15, -0.1) is 0 Å². The maximum atomic E-state index is 5.18. The highest BCUT2D eigenvalue weighted by Gasteiger charge is 2.03. The molecule has 0 bridgehead atoms. The third-order valence-corrected chi connectivity index (χ3v) is 3.79. The third-order valence-electron chi connectivity index (χ3n) is 3.79. The topological polar surface area (TPSA) is 59.1 Å². The Labute approximate surface area is 148 Å². The minimum Gasteiger partial charge on any atom is -0.497 e. The smallest absolute Gasteiger partial charge is 0.132 e. The van der Waals surface area contributed by atoms with E-state index in [1.54, 1.807) is 7.11 Å². The zero-order valence-corrected chi connectivity index (χ0v) is 14.5. The van der Waals surface area contributed by atoms with Crippen LogP contribution in [0.4, 0.5) is 11.6 Å². The summed E-state index contributed by atoms with van der Waals surface area (Å²) in [7, 11) is 1.67. The van der Waals surface area contributed by atoms with Crippen molar-refractivity contribution in [1.29, 1.82) is 0 Å². The van der Waals surface area contributed by atoms with Gasteiger partial charge in [0.15, 0.2) is 0 Å². The Hall–Kier alpha value is -3.08.